The molecule has 0 spiro atoms. The molecular formula is C41H48O12S. The van der Waals surface area contributed by atoms with Gasteiger partial charge in [-0.05, 0) is 29.2 Å². The van der Waals surface area contributed by atoms with Gasteiger partial charge in [-0.2, -0.15) is 8.42 Å². The summed E-state index contributed by atoms with van der Waals surface area (Å²) in [5.41, 5.74) is 3.27. The van der Waals surface area contributed by atoms with E-state index in [-0.39, 0.29) is 26.4 Å². The first-order valence-corrected chi connectivity index (χ1v) is 19.5. The van der Waals surface area contributed by atoms with Gasteiger partial charge < -0.3 is 43.4 Å². The summed E-state index contributed by atoms with van der Waals surface area (Å²) in [6, 6.07) is 37.5. The molecule has 2 heterocycles. The van der Waals surface area contributed by atoms with Crippen molar-refractivity contribution in [2.45, 2.75) is 93.9 Å². The minimum absolute atomic E-state index is 0.199. The lowest BCUT2D eigenvalue weighted by atomic mass is 9.97. The molecule has 10 atom stereocenters. The lowest BCUT2D eigenvalue weighted by Gasteiger charge is -2.46. The van der Waals surface area contributed by atoms with Gasteiger partial charge in [-0.15, -0.1) is 0 Å². The maximum absolute atomic E-state index is 13.2. The van der Waals surface area contributed by atoms with Gasteiger partial charge in [-0.25, -0.2) is 0 Å². The monoisotopic (exact) mass is 764 g/mol. The van der Waals surface area contributed by atoms with Crippen molar-refractivity contribution in [3.63, 3.8) is 0 Å². The molecule has 0 saturated carbocycles. The number of hydrogen-bond donors (Lipinski definition) is 2. The molecule has 0 aromatic heterocycles. The SMILES string of the molecule is CO[C@H]1O[C@H](COC2O[C@@H](C)[C@H](O)[C@@H](O)[C@H]2OS(=O)(=O)Cc2ccccc2)[C@@H](OCc2ccccc2)[C@H](OCc2ccccc2)[C@H]1OCc1ccccc1. The maximum atomic E-state index is 13.2. The highest BCUT2D eigenvalue weighted by Gasteiger charge is 2.51. The van der Waals surface area contributed by atoms with Gasteiger partial charge in [0.15, 0.2) is 18.7 Å². The fourth-order valence-electron chi connectivity index (χ4n) is 6.48. The molecule has 4 aromatic carbocycles. The van der Waals surface area contributed by atoms with Gasteiger partial charge in [0.25, 0.3) is 10.1 Å². The predicted octanol–water partition coefficient (Wildman–Crippen LogP) is 4.51. The quantitative estimate of drug-likeness (QED) is 0.146. The molecule has 290 valence electrons. The Morgan fingerprint density at radius 1 is 0.556 bits per heavy atom. The molecule has 4 aromatic rings. The molecule has 13 heteroatoms. The van der Waals surface area contributed by atoms with Crippen LogP contribution in [0.4, 0.5) is 0 Å². The van der Waals surface area contributed by atoms with Crippen LogP contribution in [0.15, 0.2) is 121 Å². The first kappa shape index (κ1) is 40.1. The summed E-state index contributed by atoms with van der Waals surface area (Å²) in [5, 5.41) is 21.8. The van der Waals surface area contributed by atoms with E-state index >= 15 is 0 Å². The van der Waals surface area contributed by atoms with Crippen LogP contribution in [0.5, 0.6) is 0 Å². The van der Waals surface area contributed by atoms with Crippen molar-refractivity contribution in [3.05, 3.63) is 144 Å². The Morgan fingerprint density at radius 3 is 1.52 bits per heavy atom. The molecule has 2 N–H and O–H groups in total. The van der Waals surface area contributed by atoms with E-state index in [1.807, 2.05) is 91.0 Å². The summed E-state index contributed by atoms with van der Waals surface area (Å²) in [5.74, 6) is -0.461. The second-order valence-corrected chi connectivity index (χ2v) is 14.9. The summed E-state index contributed by atoms with van der Waals surface area (Å²) in [6.07, 6.45) is -11.1. The molecule has 2 saturated heterocycles. The number of ether oxygens (including phenoxy) is 7. The Balaban J connectivity index is 1.26. The zero-order valence-electron chi connectivity index (χ0n) is 30.2. The highest BCUT2D eigenvalue weighted by atomic mass is 32.2. The zero-order valence-corrected chi connectivity index (χ0v) is 31.1. The van der Waals surface area contributed by atoms with E-state index in [1.54, 1.807) is 37.3 Å². The second kappa shape index (κ2) is 19.3. The lowest BCUT2D eigenvalue weighted by molar-refractivity contribution is -0.338. The van der Waals surface area contributed by atoms with E-state index in [0.29, 0.717) is 5.56 Å². The van der Waals surface area contributed by atoms with E-state index in [1.165, 1.54) is 7.11 Å². The van der Waals surface area contributed by atoms with E-state index in [2.05, 4.69) is 0 Å². The topological polar surface area (TPSA) is 148 Å². The van der Waals surface area contributed by atoms with E-state index in [9.17, 15) is 18.6 Å². The van der Waals surface area contributed by atoms with Gasteiger partial charge >= 0.3 is 0 Å². The van der Waals surface area contributed by atoms with Crippen LogP contribution in [0.25, 0.3) is 0 Å². The second-order valence-electron chi connectivity index (χ2n) is 13.3. The molecule has 2 aliphatic rings. The Kier molecular flexibility index (Phi) is 14.4. The molecule has 2 aliphatic heterocycles. The van der Waals surface area contributed by atoms with Gasteiger partial charge in [0.05, 0.1) is 32.5 Å². The molecule has 6 rings (SSSR count). The zero-order chi connectivity index (χ0) is 37.9. The molecule has 0 amide bonds. The minimum atomic E-state index is -4.27. The third-order valence-electron chi connectivity index (χ3n) is 9.33. The molecule has 0 bridgehead atoms. The van der Waals surface area contributed by atoms with Crippen molar-refractivity contribution in [2.75, 3.05) is 13.7 Å². The molecule has 0 aliphatic carbocycles. The molecular weight excluding hydrogens is 717 g/mol. The molecule has 54 heavy (non-hydrogen) atoms. The van der Waals surface area contributed by atoms with Crippen LogP contribution in [0.2, 0.25) is 0 Å². The molecule has 12 nitrogen and oxygen atoms in total. The molecule has 1 unspecified atom stereocenters. The van der Waals surface area contributed by atoms with Crippen LogP contribution in [0, 0.1) is 0 Å². The fraction of sp³-hybridized carbons (Fsp3) is 0.415. The Morgan fingerprint density at radius 2 is 1.02 bits per heavy atom. The van der Waals surface area contributed by atoms with Crippen molar-refractivity contribution < 1.29 is 56.0 Å². The van der Waals surface area contributed by atoms with Gasteiger partial charge in [-0.3, -0.25) is 4.18 Å². The highest BCUT2D eigenvalue weighted by molar-refractivity contribution is 7.85. The van der Waals surface area contributed by atoms with Crippen LogP contribution in [-0.2, 0) is 73.0 Å². The van der Waals surface area contributed by atoms with E-state index in [0.717, 1.165) is 16.7 Å². The maximum Gasteiger partial charge on any atom is 0.272 e. The smallest absolute Gasteiger partial charge is 0.272 e. The molecule has 0 radical (unpaired) electrons. The standard InChI is InChI=1S/C41H48O12S/c1-28-34(42)35(43)37(53-54(44,45)27-32-21-13-6-14-22-32)41(51-28)50-26-33-36(47-23-29-15-7-3-8-16-29)38(48-24-30-17-9-4-10-18-30)39(40(46-2)52-33)49-25-31-19-11-5-12-20-31/h3-22,28,33-43H,23-27H2,1-2H3/t28-,33+,34-,35+,36+,37+,38-,39+,40-,41?/m0/s1. The fourth-order valence-corrected chi connectivity index (χ4v) is 7.69. The van der Waals surface area contributed by atoms with Crippen molar-refractivity contribution in [3.8, 4) is 0 Å². The van der Waals surface area contributed by atoms with Crippen LogP contribution < -0.4 is 0 Å². The minimum Gasteiger partial charge on any atom is -0.388 e. The van der Waals surface area contributed by atoms with Crippen LogP contribution in [-0.4, -0.2) is 93.8 Å². The van der Waals surface area contributed by atoms with Crippen LogP contribution >= 0.6 is 0 Å². The Bertz CT molecular complexity index is 1780. The predicted molar refractivity (Wildman–Crippen MR) is 197 cm³/mol. The lowest BCUT2D eigenvalue weighted by Crippen LogP contribution is -2.63. The van der Waals surface area contributed by atoms with Gasteiger partial charge in [0.1, 0.15) is 42.4 Å². The third kappa shape index (κ3) is 10.8. The summed E-state index contributed by atoms with van der Waals surface area (Å²) < 4.78 is 76.2. The number of methoxy groups -OCH3 is 1. The van der Waals surface area contributed by atoms with Crippen molar-refractivity contribution in [1.82, 2.24) is 0 Å². The third-order valence-corrected chi connectivity index (χ3v) is 10.5. The first-order chi connectivity index (χ1) is 26.2. The Hall–Kier alpha value is -3.57. The summed E-state index contributed by atoms with van der Waals surface area (Å²) in [6.45, 7) is 2.00. The number of benzene rings is 4. The number of hydrogen-bond acceptors (Lipinski definition) is 12. The van der Waals surface area contributed by atoms with Gasteiger partial charge in [0.2, 0.25) is 0 Å². The van der Waals surface area contributed by atoms with E-state index < -0.39 is 77.3 Å². The first-order valence-electron chi connectivity index (χ1n) is 17.9. The van der Waals surface area contributed by atoms with Crippen LogP contribution in [0.1, 0.15) is 29.2 Å². The molecule has 2 fully saturated rings. The summed E-state index contributed by atoms with van der Waals surface area (Å²) >= 11 is 0. The van der Waals surface area contributed by atoms with Crippen molar-refractivity contribution >= 4 is 10.1 Å². The summed E-state index contributed by atoms with van der Waals surface area (Å²) in [4.78, 5) is 0. The Labute approximate surface area is 316 Å². The average Bonchev–Trinajstić information content (AvgIpc) is 3.19. The highest BCUT2D eigenvalue weighted by Crippen LogP contribution is 2.33. The van der Waals surface area contributed by atoms with E-state index in [4.69, 9.17) is 37.3 Å². The summed E-state index contributed by atoms with van der Waals surface area (Å²) in [7, 11) is -2.76. The van der Waals surface area contributed by atoms with Gasteiger partial charge in [0, 0.05) is 7.11 Å². The normalized spacial score (nSPS) is 28.8. The van der Waals surface area contributed by atoms with Crippen molar-refractivity contribution in [2.24, 2.45) is 0 Å². The average molecular weight is 765 g/mol. The number of rotatable bonds is 17. The number of aliphatic hydroxyl groups excluding tert-OH is 2. The number of aliphatic hydroxyl groups is 2. The van der Waals surface area contributed by atoms with Crippen LogP contribution in [0.3, 0.4) is 0 Å². The largest absolute Gasteiger partial charge is 0.388 e. The van der Waals surface area contributed by atoms with Gasteiger partial charge in [-0.1, -0.05) is 121 Å². The van der Waals surface area contributed by atoms with Crippen molar-refractivity contribution in [1.29, 1.82) is 0 Å².